The fraction of sp³-hybridized carbons (Fsp3) is 0.143. The van der Waals surface area contributed by atoms with E-state index >= 15 is 0 Å². The van der Waals surface area contributed by atoms with Crippen LogP contribution in [0.4, 0.5) is 4.39 Å². The van der Waals surface area contributed by atoms with E-state index in [-0.39, 0.29) is 5.82 Å². The molecular formula is C7H8FP. The van der Waals surface area contributed by atoms with Gasteiger partial charge in [0.2, 0.25) is 0 Å². The van der Waals surface area contributed by atoms with Gasteiger partial charge in [0, 0.05) is 0 Å². The van der Waals surface area contributed by atoms with Gasteiger partial charge in [0.15, 0.2) is 0 Å². The average Bonchev–Trinajstić information content (AvgIpc) is 1.88. The van der Waals surface area contributed by atoms with Gasteiger partial charge in [0.1, 0.15) is 5.82 Å². The van der Waals surface area contributed by atoms with Gasteiger partial charge in [0.25, 0.3) is 0 Å². The zero-order chi connectivity index (χ0) is 6.69. The number of hydrogen-bond donors (Lipinski definition) is 0. The zero-order valence-electron chi connectivity index (χ0n) is 4.97. The van der Waals surface area contributed by atoms with Gasteiger partial charge in [-0.15, -0.1) is 9.24 Å². The summed E-state index contributed by atoms with van der Waals surface area (Å²) in [5, 5.41) is 0. The van der Waals surface area contributed by atoms with Gasteiger partial charge in [-0.1, -0.05) is 12.1 Å². The summed E-state index contributed by atoms with van der Waals surface area (Å²) in [6.45, 7) is 0. The third-order valence-electron chi connectivity index (χ3n) is 1.12. The molecule has 48 valence electrons. The van der Waals surface area contributed by atoms with E-state index in [4.69, 9.17) is 0 Å². The van der Waals surface area contributed by atoms with E-state index in [1.807, 2.05) is 6.07 Å². The van der Waals surface area contributed by atoms with E-state index in [1.54, 1.807) is 6.07 Å². The molecule has 2 heteroatoms. The van der Waals surface area contributed by atoms with Crippen molar-refractivity contribution < 1.29 is 4.39 Å². The smallest absolute Gasteiger partial charge is 0.123 e. The SMILES string of the molecule is Fc1cccc(CP)c1. The van der Waals surface area contributed by atoms with Crippen LogP contribution in [0.5, 0.6) is 0 Å². The Balaban J connectivity index is 2.94. The van der Waals surface area contributed by atoms with Crippen LogP contribution in [-0.4, -0.2) is 0 Å². The molecule has 1 rings (SSSR count). The van der Waals surface area contributed by atoms with Gasteiger partial charge in [-0.2, -0.15) is 0 Å². The van der Waals surface area contributed by atoms with Crippen molar-refractivity contribution in [3.05, 3.63) is 35.6 Å². The third-order valence-corrected chi connectivity index (χ3v) is 1.60. The van der Waals surface area contributed by atoms with Crippen LogP contribution < -0.4 is 0 Å². The maximum Gasteiger partial charge on any atom is 0.123 e. The molecule has 0 spiro atoms. The molecule has 1 aromatic carbocycles. The molecule has 0 saturated heterocycles. The second-order valence-electron chi connectivity index (χ2n) is 1.83. The van der Waals surface area contributed by atoms with Gasteiger partial charge in [-0.3, -0.25) is 0 Å². The molecule has 0 N–H and O–H groups in total. The molecule has 0 saturated carbocycles. The van der Waals surface area contributed by atoms with Crippen LogP contribution in [-0.2, 0) is 6.16 Å². The normalized spacial score (nSPS) is 9.56. The largest absolute Gasteiger partial charge is 0.207 e. The lowest BCUT2D eigenvalue weighted by Crippen LogP contribution is -1.77. The number of rotatable bonds is 1. The molecule has 1 unspecified atom stereocenters. The highest BCUT2D eigenvalue weighted by atomic mass is 31.0. The molecule has 1 aromatic rings. The van der Waals surface area contributed by atoms with Crippen LogP contribution in [0.1, 0.15) is 5.56 Å². The minimum absolute atomic E-state index is 0.157. The maximum atomic E-state index is 12.3. The number of benzene rings is 1. The lowest BCUT2D eigenvalue weighted by molar-refractivity contribution is 0.626. The molecule has 0 aliphatic rings. The topological polar surface area (TPSA) is 0 Å². The molecule has 0 aliphatic carbocycles. The molecule has 9 heavy (non-hydrogen) atoms. The molecule has 0 fully saturated rings. The molecule has 1 atom stereocenters. The molecule has 0 heterocycles. The van der Waals surface area contributed by atoms with Crippen LogP contribution in [0.15, 0.2) is 24.3 Å². The first-order valence-electron chi connectivity index (χ1n) is 2.77. The first-order chi connectivity index (χ1) is 4.33. The summed E-state index contributed by atoms with van der Waals surface area (Å²) < 4.78 is 12.3. The monoisotopic (exact) mass is 142 g/mol. The Morgan fingerprint density at radius 3 is 2.67 bits per heavy atom. The van der Waals surface area contributed by atoms with Crippen molar-refractivity contribution >= 4 is 9.24 Å². The van der Waals surface area contributed by atoms with Gasteiger partial charge in [0.05, 0.1) is 0 Å². The van der Waals surface area contributed by atoms with E-state index in [1.165, 1.54) is 12.1 Å². The van der Waals surface area contributed by atoms with Crippen molar-refractivity contribution in [2.45, 2.75) is 6.16 Å². The van der Waals surface area contributed by atoms with Gasteiger partial charge in [-0.25, -0.2) is 4.39 Å². The summed E-state index contributed by atoms with van der Waals surface area (Å²) >= 11 is 0. The van der Waals surface area contributed by atoms with Gasteiger partial charge >= 0.3 is 0 Å². The second kappa shape index (κ2) is 2.93. The fourth-order valence-corrected chi connectivity index (χ4v) is 0.918. The Hall–Kier alpha value is -0.420. The molecule has 0 nitrogen and oxygen atoms in total. The van der Waals surface area contributed by atoms with Crippen molar-refractivity contribution in [2.24, 2.45) is 0 Å². The molecule has 0 amide bonds. The molecule has 0 bridgehead atoms. The first-order valence-corrected chi connectivity index (χ1v) is 3.59. The van der Waals surface area contributed by atoms with Crippen molar-refractivity contribution in [3.8, 4) is 0 Å². The minimum atomic E-state index is -0.157. The summed E-state index contributed by atoms with van der Waals surface area (Å²) in [4.78, 5) is 0. The Bertz CT molecular complexity index is 198. The van der Waals surface area contributed by atoms with Crippen LogP contribution in [0.3, 0.4) is 0 Å². The minimum Gasteiger partial charge on any atom is -0.207 e. The van der Waals surface area contributed by atoms with Crippen molar-refractivity contribution in [2.75, 3.05) is 0 Å². The fourth-order valence-electron chi connectivity index (χ4n) is 0.664. The van der Waals surface area contributed by atoms with Crippen molar-refractivity contribution in [3.63, 3.8) is 0 Å². The quantitative estimate of drug-likeness (QED) is 0.527. The predicted molar refractivity (Wildman–Crippen MR) is 39.8 cm³/mol. The summed E-state index contributed by atoms with van der Waals surface area (Å²) in [5.74, 6) is -0.157. The standard InChI is InChI=1S/C7H8FP/c8-7-3-1-2-6(4-7)5-9/h1-4H,5,9H2. The van der Waals surface area contributed by atoms with Gasteiger partial charge < -0.3 is 0 Å². The summed E-state index contributed by atoms with van der Waals surface area (Å²) in [6.07, 6.45) is 0.817. The van der Waals surface area contributed by atoms with E-state index in [2.05, 4.69) is 9.24 Å². The summed E-state index contributed by atoms with van der Waals surface area (Å²) in [6, 6.07) is 6.60. The average molecular weight is 142 g/mol. The molecular weight excluding hydrogens is 134 g/mol. The highest BCUT2D eigenvalue weighted by molar-refractivity contribution is 7.15. The Kier molecular flexibility index (Phi) is 2.18. The lowest BCUT2D eigenvalue weighted by Gasteiger charge is -1.92. The van der Waals surface area contributed by atoms with Crippen LogP contribution >= 0.6 is 9.24 Å². The molecule has 0 aromatic heterocycles. The summed E-state index contributed by atoms with van der Waals surface area (Å²) in [7, 11) is 2.55. The number of halogens is 1. The highest BCUT2D eigenvalue weighted by Crippen LogP contribution is 2.06. The number of hydrogen-bond acceptors (Lipinski definition) is 0. The van der Waals surface area contributed by atoms with Crippen molar-refractivity contribution in [1.29, 1.82) is 0 Å². The van der Waals surface area contributed by atoms with E-state index < -0.39 is 0 Å². The molecule has 0 aliphatic heterocycles. The Labute approximate surface area is 56.3 Å². The Morgan fingerprint density at radius 1 is 1.44 bits per heavy atom. The van der Waals surface area contributed by atoms with E-state index in [9.17, 15) is 4.39 Å². The Morgan fingerprint density at radius 2 is 2.22 bits per heavy atom. The van der Waals surface area contributed by atoms with E-state index in [0.29, 0.717) is 0 Å². The maximum absolute atomic E-state index is 12.3. The van der Waals surface area contributed by atoms with Crippen LogP contribution in [0.2, 0.25) is 0 Å². The van der Waals surface area contributed by atoms with Gasteiger partial charge in [-0.05, 0) is 23.9 Å². The highest BCUT2D eigenvalue weighted by Gasteiger charge is 1.89. The lowest BCUT2D eigenvalue weighted by atomic mass is 10.2. The summed E-state index contributed by atoms with van der Waals surface area (Å²) in [5.41, 5.74) is 1.01. The second-order valence-corrected chi connectivity index (χ2v) is 2.24. The predicted octanol–water partition coefficient (Wildman–Crippen LogP) is 2.20. The third kappa shape index (κ3) is 1.76. The van der Waals surface area contributed by atoms with E-state index in [0.717, 1.165) is 11.7 Å². The zero-order valence-corrected chi connectivity index (χ0v) is 6.13. The van der Waals surface area contributed by atoms with Crippen LogP contribution in [0.25, 0.3) is 0 Å². The van der Waals surface area contributed by atoms with Crippen molar-refractivity contribution in [1.82, 2.24) is 0 Å². The molecule has 0 radical (unpaired) electrons. The first kappa shape index (κ1) is 6.70. The van der Waals surface area contributed by atoms with Crippen LogP contribution in [0, 0.1) is 5.82 Å².